The first kappa shape index (κ1) is 19.7. The zero-order valence-electron chi connectivity index (χ0n) is 15.6. The van der Waals surface area contributed by atoms with Crippen molar-refractivity contribution in [2.24, 2.45) is 0 Å². The molecule has 0 spiro atoms. The summed E-state index contributed by atoms with van der Waals surface area (Å²) in [7, 11) is 0. The Kier molecular flexibility index (Phi) is 5.43. The number of ketones is 1. The number of ether oxygens (including phenoxy) is 1. The van der Waals surface area contributed by atoms with Crippen molar-refractivity contribution in [1.29, 1.82) is 0 Å². The molecule has 1 N–H and O–H groups in total. The number of pyridine rings is 1. The molecule has 0 unspecified atom stereocenters. The van der Waals surface area contributed by atoms with Crippen molar-refractivity contribution in [3.05, 3.63) is 51.1 Å². The minimum Gasteiger partial charge on any atom is -0.480 e. The molecule has 150 valence electrons. The van der Waals surface area contributed by atoms with E-state index in [-0.39, 0.29) is 35.0 Å². The first-order valence-corrected chi connectivity index (χ1v) is 10.0. The number of benzene rings is 1. The monoisotopic (exact) mass is 432 g/mol. The third-order valence-corrected chi connectivity index (χ3v) is 5.13. The van der Waals surface area contributed by atoms with Crippen molar-refractivity contribution in [2.75, 3.05) is 11.9 Å². The average molecular weight is 433 g/mol. The van der Waals surface area contributed by atoms with Crippen LogP contribution in [0, 0.1) is 0 Å². The molecule has 9 heteroatoms. The van der Waals surface area contributed by atoms with Gasteiger partial charge >= 0.3 is 0 Å². The zero-order valence-corrected chi connectivity index (χ0v) is 17.1. The number of hydrogen-bond donors (Lipinski definition) is 1. The highest BCUT2D eigenvalue weighted by Crippen LogP contribution is 2.37. The molecule has 2 heterocycles. The molecule has 1 fully saturated rings. The quantitative estimate of drug-likeness (QED) is 0.551. The summed E-state index contributed by atoms with van der Waals surface area (Å²) in [6.45, 7) is 1.64. The molecule has 3 aromatic rings. The second kappa shape index (κ2) is 8.00. The Morgan fingerprint density at radius 3 is 2.83 bits per heavy atom. The SMILES string of the molecule is CCC(=O)COc1cc2cc(Nc3nc(Cl)ncc3Cl)ccc2n(C2CC2)c1=O. The molecule has 0 amide bonds. The van der Waals surface area contributed by atoms with Gasteiger partial charge in [0, 0.05) is 23.5 Å². The van der Waals surface area contributed by atoms with E-state index in [2.05, 4.69) is 15.3 Å². The number of carbonyl (C=O) groups is 1. The Labute approximate surface area is 176 Å². The first-order chi connectivity index (χ1) is 14.0. The lowest BCUT2D eigenvalue weighted by molar-refractivity contribution is -0.120. The van der Waals surface area contributed by atoms with E-state index < -0.39 is 0 Å². The van der Waals surface area contributed by atoms with Gasteiger partial charge in [-0.05, 0) is 48.7 Å². The Bertz CT molecular complexity index is 1160. The predicted octanol–water partition coefficient (Wildman–Crippen LogP) is 4.53. The molecule has 29 heavy (non-hydrogen) atoms. The third-order valence-electron chi connectivity index (χ3n) is 4.68. The van der Waals surface area contributed by atoms with E-state index in [1.54, 1.807) is 17.6 Å². The number of nitrogens with zero attached hydrogens (tertiary/aromatic N) is 3. The number of rotatable bonds is 7. The highest BCUT2D eigenvalue weighted by atomic mass is 35.5. The Balaban J connectivity index is 1.74. The van der Waals surface area contributed by atoms with Crippen LogP contribution in [0.4, 0.5) is 11.5 Å². The van der Waals surface area contributed by atoms with Crippen LogP contribution in [0.1, 0.15) is 32.2 Å². The average Bonchev–Trinajstić information content (AvgIpc) is 3.54. The van der Waals surface area contributed by atoms with Gasteiger partial charge < -0.3 is 14.6 Å². The maximum absolute atomic E-state index is 12.9. The van der Waals surface area contributed by atoms with Crippen LogP contribution in [0.5, 0.6) is 5.75 Å². The van der Waals surface area contributed by atoms with Crippen LogP contribution in [0.3, 0.4) is 0 Å². The van der Waals surface area contributed by atoms with Crippen LogP contribution >= 0.6 is 23.2 Å². The van der Waals surface area contributed by atoms with Crippen LogP contribution < -0.4 is 15.6 Å². The number of fused-ring (bicyclic) bond motifs is 1. The fourth-order valence-electron chi connectivity index (χ4n) is 3.03. The molecule has 4 rings (SSSR count). The summed E-state index contributed by atoms with van der Waals surface area (Å²) in [5.74, 6) is 0.492. The summed E-state index contributed by atoms with van der Waals surface area (Å²) >= 11 is 12.0. The molecule has 7 nitrogen and oxygen atoms in total. The summed E-state index contributed by atoms with van der Waals surface area (Å²) in [5.41, 5.74) is 1.31. The van der Waals surface area contributed by atoms with Gasteiger partial charge in [-0.1, -0.05) is 18.5 Å². The fraction of sp³-hybridized carbons (Fsp3) is 0.300. The summed E-state index contributed by atoms with van der Waals surface area (Å²) in [5, 5.41) is 4.33. The van der Waals surface area contributed by atoms with Crippen LogP contribution in [0.25, 0.3) is 10.9 Å². The minimum atomic E-state index is -0.213. The largest absolute Gasteiger partial charge is 0.480 e. The summed E-state index contributed by atoms with van der Waals surface area (Å²) in [4.78, 5) is 32.4. The van der Waals surface area contributed by atoms with Gasteiger partial charge in [0.1, 0.15) is 11.6 Å². The van der Waals surface area contributed by atoms with Gasteiger partial charge in [-0.2, -0.15) is 4.98 Å². The maximum Gasteiger partial charge on any atom is 0.293 e. The van der Waals surface area contributed by atoms with Crippen LogP contribution in [-0.4, -0.2) is 26.9 Å². The molecule has 0 aliphatic heterocycles. The second-order valence-corrected chi connectivity index (χ2v) is 7.58. The summed E-state index contributed by atoms with van der Waals surface area (Å²) in [6, 6.07) is 7.40. The van der Waals surface area contributed by atoms with E-state index in [0.717, 1.165) is 23.7 Å². The van der Waals surface area contributed by atoms with Crippen molar-refractivity contribution in [3.8, 4) is 5.75 Å². The van der Waals surface area contributed by atoms with E-state index >= 15 is 0 Å². The van der Waals surface area contributed by atoms with E-state index in [4.69, 9.17) is 27.9 Å². The van der Waals surface area contributed by atoms with E-state index in [1.165, 1.54) is 6.20 Å². The topological polar surface area (TPSA) is 86.1 Å². The lowest BCUT2D eigenvalue weighted by Crippen LogP contribution is -2.23. The Morgan fingerprint density at radius 1 is 1.31 bits per heavy atom. The lowest BCUT2D eigenvalue weighted by atomic mass is 10.1. The molecule has 0 radical (unpaired) electrons. The molecule has 1 aliphatic carbocycles. The van der Waals surface area contributed by atoms with Gasteiger partial charge in [-0.25, -0.2) is 4.98 Å². The van der Waals surface area contributed by atoms with Crippen molar-refractivity contribution >= 4 is 51.4 Å². The molecule has 2 aromatic heterocycles. The summed E-state index contributed by atoms with van der Waals surface area (Å²) < 4.78 is 7.30. The Hall–Kier alpha value is -2.64. The summed E-state index contributed by atoms with van der Waals surface area (Å²) in [6.07, 6.45) is 3.67. The van der Waals surface area contributed by atoms with Gasteiger partial charge in [-0.3, -0.25) is 9.59 Å². The Morgan fingerprint density at radius 2 is 2.10 bits per heavy atom. The zero-order chi connectivity index (χ0) is 20.5. The lowest BCUT2D eigenvalue weighted by Gasteiger charge is -2.14. The molecule has 1 aliphatic rings. The molecular weight excluding hydrogens is 415 g/mol. The highest BCUT2D eigenvalue weighted by molar-refractivity contribution is 6.33. The van der Waals surface area contributed by atoms with Gasteiger partial charge in [0.2, 0.25) is 5.28 Å². The molecule has 0 bridgehead atoms. The van der Waals surface area contributed by atoms with Gasteiger partial charge in [0.05, 0.1) is 11.7 Å². The smallest absolute Gasteiger partial charge is 0.293 e. The number of halogens is 2. The van der Waals surface area contributed by atoms with Gasteiger partial charge in [0.15, 0.2) is 17.4 Å². The molecular formula is C20H18Cl2N4O3. The van der Waals surface area contributed by atoms with E-state index in [1.807, 2.05) is 18.2 Å². The predicted molar refractivity (Wildman–Crippen MR) is 113 cm³/mol. The van der Waals surface area contributed by atoms with Crippen LogP contribution in [0.15, 0.2) is 35.3 Å². The van der Waals surface area contributed by atoms with Crippen LogP contribution in [-0.2, 0) is 4.79 Å². The number of hydrogen-bond acceptors (Lipinski definition) is 6. The number of anilines is 2. The van der Waals surface area contributed by atoms with Crippen molar-refractivity contribution in [2.45, 2.75) is 32.2 Å². The van der Waals surface area contributed by atoms with E-state index in [9.17, 15) is 9.59 Å². The highest BCUT2D eigenvalue weighted by Gasteiger charge is 2.27. The molecule has 1 aromatic carbocycles. The minimum absolute atomic E-state index is 0.0619. The molecule has 1 saturated carbocycles. The second-order valence-electron chi connectivity index (χ2n) is 6.83. The number of nitrogens with one attached hydrogen (secondary N) is 1. The number of carbonyl (C=O) groups excluding carboxylic acids is 1. The van der Waals surface area contributed by atoms with Gasteiger partial charge in [0.25, 0.3) is 5.56 Å². The number of aromatic nitrogens is 3. The van der Waals surface area contributed by atoms with Crippen molar-refractivity contribution < 1.29 is 9.53 Å². The standard InChI is InChI=1S/C20H18Cl2N4O3/c1-2-14(27)10-29-17-8-11-7-12(24-18-15(21)9-23-20(22)25-18)3-6-16(11)26(19(17)28)13-4-5-13/h3,6-9,13H,2,4-5,10H2,1H3,(H,23,24,25). The fourth-order valence-corrected chi connectivity index (χ4v) is 3.30. The van der Waals surface area contributed by atoms with Crippen molar-refractivity contribution in [1.82, 2.24) is 14.5 Å². The van der Waals surface area contributed by atoms with Crippen LogP contribution in [0.2, 0.25) is 10.3 Å². The first-order valence-electron chi connectivity index (χ1n) is 9.25. The van der Waals surface area contributed by atoms with Gasteiger partial charge in [-0.15, -0.1) is 0 Å². The normalized spacial score (nSPS) is 13.5. The molecule has 0 saturated heterocycles. The molecule has 0 atom stereocenters. The van der Waals surface area contributed by atoms with E-state index in [0.29, 0.717) is 22.9 Å². The number of Topliss-reactive ketones (excluding diaryl/α,β-unsaturated/α-hetero) is 1. The third kappa shape index (κ3) is 4.21. The van der Waals surface area contributed by atoms with Crippen molar-refractivity contribution in [3.63, 3.8) is 0 Å². The maximum atomic E-state index is 12.9.